The summed E-state index contributed by atoms with van der Waals surface area (Å²) in [4.78, 5) is 12.0. The third kappa shape index (κ3) is 5.14. The van der Waals surface area contributed by atoms with Crippen LogP contribution in [-0.2, 0) is 9.53 Å². The van der Waals surface area contributed by atoms with Gasteiger partial charge in [0.2, 0.25) is 0 Å². The van der Waals surface area contributed by atoms with Crippen molar-refractivity contribution in [1.29, 1.82) is 0 Å². The third-order valence-corrected chi connectivity index (χ3v) is 7.48. The number of ether oxygens (including phenoxy) is 1. The second-order valence-electron chi connectivity index (χ2n) is 9.96. The van der Waals surface area contributed by atoms with Gasteiger partial charge in [0.05, 0.1) is 13.2 Å². The van der Waals surface area contributed by atoms with Crippen LogP contribution in [0.5, 0.6) is 0 Å². The summed E-state index contributed by atoms with van der Waals surface area (Å²) in [5.41, 5.74) is 2.29. The van der Waals surface area contributed by atoms with E-state index in [9.17, 15) is 4.79 Å². The molecule has 0 heterocycles. The number of aliphatic hydroxyl groups is 2. The summed E-state index contributed by atoms with van der Waals surface area (Å²) < 4.78 is 5.12. The van der Waals surface area contributed by atoms with Crippen LogP contribution in [0.25, 0.3) is 0 Å². The summed E-state index contributed by atoms with van der Waals surface area (Å²) in [6.07, 6.45) is 9.22. The van der Waals surface area contributed by atoms with Crippen molar-refractivity contribution in [2.24, 2.45) is 28.6 Å². The number of fused-ring (bicyclic) bond motifs is 1. The molecule has 1 saturated carbocycles. The first-order valence-electron chi connectivity index (χ1n) is 10.8. The van der Waals surface area contributed by atoms with Crippen LogP contribution in [0.3, 0.4) is 0 Å². The Kier molecular flexibility index (Phi) is 7.54. The first-order chi connectivity index (χ1) is 12.6. The highest BCUT2D eigenvalue weighted by Gasteiger charge is 2.47. The molecule has 156 valence electrons. The van der Waals surface area contributed by atoms with Crippen molar-refractivity contribution in [1.82, 2.24) is 0 Å². The van der Waals surface area contributed by atoms with Gasteiger partial charge in [-0.15, -0.1) is 0 Å². The van der Waals surface area contributed by atoms with Crippen LogP contribution < -0.4 is 0 Å². The molecular formula is C23H40O4. The number of carbonyl (C=O) groups is 1. The molecule has 0 amide bonds. The Morgan fingerprint density at radius 3 is 2.56 bits per heavy atom. The van der Waals surface area contributed by atoms with E-state index in [2.05, 4.69) is 40.7 Å². The molecule has 2 aliphatic carbocycles. The van der Waals surface area contributed by atoms with Gasteiger partial charge in [-0.1, -0.05) is 46.3 Å². The van der Waals surface area contributed by atoms with Crippen molar-refractivity contribution in [3.63, 3.8) is 0 Å². The maximum absolute atomic E-state index is 12.0. The minimum atomic E-state index is -0.795. The summed E-state index contributed by atoms with van der Waals surface area (Å²) in [7, 11) is 0. The molecule has 0 saturated heterocycles. The fourth-order valence-corrected chi connectivity index (χ4v) is 5.22. The Morgan fingerprint density at radius 1 is 1.26 bits per heavy atom. The maximum atomic E-state index is 12.0. The van der Waals surface area contributed by atoms with Gasteiger partial charge in [-0.3, -0.25) is 4.79 Å². The first-order valence-corrected chi connectivity index (χ1v) is 10.8. The van der Waals surface area contributed by atoms with Crippen molar-refractivity contribution in [2.45, 2.75) is 85.7 Å². The lowest BCUT2D eigenvalue weighted by Crippen LogP contribution is -2.43. The van der Waals surface area contributed by atoms with E-state index in [-0.39, 0.29) is 30.5 Å². The lowest BCUT2D eigenvalue weighted by Gasteiger charge is -2.53. The lowest BCUT2D eigenvalue weighted by atomic mass is 9.52. The fourth-order valence-electron chi connectivity index (χ4n) is 5.22. The Morgan fingerprint density at radius 2 is 1.93 bits per heavy atom. The third-order valence-electron chi connectivity index (χ3n) is 7.48. The maximum Gasteiger partial charge on any atom is 0.306 e. The summed E-state index contributed by atoms with van der Waals surface area (Å²) in [6.45, 7) is 11.1. The molecule has 4 nitrogen and oxygen atoms in total. The zero-order valence-corrected chi connectivity index (χ0v) is 18.0. The largest absolute Gasteiger partial charge is 0.457 e. The number of aliphatic hydroxyl groups excluding tert-OH is 2. The average Bonchev–Trinajstić information content (AvgIpc) is 2.61. The van der Waals surface area contributed by atoms with E-state index in [0.717, 1.165) is 12.8 Å². The SMILES string of the molecule is CC(CCC1(C)C2=CCCC(C)(C)C2CCC1C)CC(=O)OC(CO)CO. The van der Waals surface area contributed by atoms with Crippen LogP contribution in [-0.4, -0.2) is 35.5 Å². The molecule has 0 aromatic rings. The second kappa shape index (κ2) is 9.09. The quantitative estimate of drug-likeness (QED) is 0.481. The van der Waals surface area contributed by atoms with E-state index in [4.69, 9.17) is 14.9 Å². The second-order valence-corrected chi connectivity index (χ2v) is 9.96. The molecule has 4 unspecified atom stereocenters. The minimum absolute atomic E-state index is 0.220. The smallest absolute Gasteiger partial charge is 0.306 e. The summed E-state index contributed by atoms with van der Waals surface area (Å²) in [6, 6.07) is 0. The first kappa shape index (κ1) is 22.4. The molecule has 0 spiro atoms. The minimum Gasteiger partial charge on any atom is -0.457 e. The lowest BCUT2D eigenvalue weighted by molar-refractivity contribution is -0.154. The number of hydrogen-bond acceptors (Lipinski definition) is 4. The van der Waals surface area contributed by atoms with Crippen LogP contribution in [0.1, 0.15) is 79.6 Å². The van der Waals surface area contributed by atoms with Gasteiger partial charge in [0, 0.05) is 6.42 Å². The van der Waals surface area contributed by atoms with Crippen molar-refractivity contribution in [3.05, 3.63) is 11.6 Å². The van der Waals surface area contributed by atoms with Crippen molar-refractivity contribution in [3.8, 4) is 0 Å². The van der Waals surface area contributed by atoms with Gasteiger partial charge in [0.15, 0.2) is 0 Å². The monoisotopic (exact) mass is 380 g/mol. The zero-order chi connectivity index (χ0) is 20.2. The summed E-state index contributed by atoms with van der Waals surface area (Å²) >= 11 is 0. The summed E-state index contributed by atoms with van der Waals surface area (Å²) in [5.74, 6) is 1.27. The Balaban J connectivity index is 1.98. The molecule has 1 fully saturated rings. The van der Waals surface area contributed by atoms with E-state index in [1.807, 2.05) is 0 Å². The predicted molar refractivity (Wildman–Crippen MR) is 108 cm³/mol. The Labute approximate surface area is 165 Å². The topological polar surface area (TPSA) is 66.8 Å². The van der Waals surface area contributed by atoms with Gasteiger partial charge in [-0.05, 0) is 67.1 Å². The molecule has 4 heteroatoms. The zero-order valence-electron chi connectivity index (χ0n) is 18.0. The molecule has 2 aliphatic rings. The van der Waals surface area contributed by atoms with Gasteiger partial charge in [0.1, 0.15) is 6.10 Å². The molecule has 2 N–H and O–H groups in total. The van der Waals surface area contributed by atoms with E-state index in [1.165, 1.54) is 25.7 Å². The molecule has 4 atom stereocenters. The van der Waals surface area contributed by atoms with E-state index in [0.29, 0.717) is 23.7 Å². The van der Waals surface area contributed by atoms with Crippen LogP contribution in [0.15, 0.2) is 11.6 Å². The van der Waals surface area contributed by atoms with Crippen molar-refractivity contribution >= 4 is 5.97 Å². The van der Waals surface area contributed by atoms with Crippen LogP contribution in [0, 0.1) is 28.6 Å². The number of allylic oxidation sites excluding steroid dienone is 2. The highest BCUT2D eigenvalue weighted by atomic mass is 16.6. The highest BCUT2D eigenvalue weighted by Crippen LogP contribution is 2.58. The molecule has 0 aliphatic heterocycles. The van der Waals surface area contributed by atoms with Gasteiger partial charge in [-0.2, -0.15) is 0 Å². The van der Waals surface area contributed by atoms with E-state index >= 15 is 0 Å². The molecule has 0 bridgehead atoms. The standard InChI is InChI=1S/C23H40O4/c1-16(13-21(26)27-18(14-24)15-25)10-12-23(5)17(2)8-9-19-20(23)7-6-11-22(19,3)4/h7,16-19,24-25H,6,8-15H2,1-5H3. The molecule has 0 aromatic carbocycles. The van der Waals surface area contributed by atoms with E-state index in [1.54, 1.807) is 5.57 Å². The Bertz CT molecular complexity index is 534. The van der Waals surface area contributed by atoms with Gasteiger partial charge in [-0.25, -0.2) is 0 Å². The fraction of sp³-hybridized carbons (Fsp3) is 0.870. The van der Waals surface area contributed by atoms with Crippen molar-refractivity contribution in [2.75, 3.05) is 13.2 Å². The molecule has 0 aromatic heterocycles. The molecule has 2 rings (SSSR count). The molecular weight excluding hydrogens is 340 g/mol. The molecule has 0 radical (unpaired) electrons. The van der Waals surface area contributed by atoms with Crippen molar-refractivity contribution < 1.29 is 19.7 Å². The van der Waals surface area contributed by atoms with Gasteiger partial charge >= 0.3 is 5.97 Å². The van der Waals surface area contributed by atoms with Crippen LogP contribution in [0.4, 0.5) is 0 Å². The molecule has 27 heavy (non-hydrogen) atoms. The van der Waals surface area contributed by atoms with Gasteiger partial charge < -0.3 is 14.9 Å². The van der Waals surface area contributed by atoms with Gasteiger partial charge in [0.25, 0.3) is 0 Å². The number of carbonyl (C=O) groups excluding carboxylic acids is 1. The Hall–Kier alpha value is -0.870. The highest BCUT2D eigenvalue weighted by molar-refractivity contribution is 5.69. The van der Waals surface area contributed by atoms with Crippen LogP contribution >= 0.6 is 0 Å². The van der Waals surface area contributed by atoms with E-state index < -0.39 is 6.10 Å². The number of esters is 1. The number of hydrogen-bond donors (Lipinski definition) is 2. The summed E-state index contributed by atoms with van der Waals surface area (Å²) in [5, 5.41) is 18.1. The van der Waals surface area contributed by atoms with Crippen LogP contribution in [0.2, 0.25) is 0 Å². The number of rotatable bonds is 8. The average molecular weight is 381 g/mol. The normalized spacial score (nSPS) is 31.2. The predicted octanol–water partition coefficient (Wildman–Crippen LogP) is 4.49.